The number of ether oxygens (including phenoxy) is 4. The highest BCUT2D eigenvalue weighted by atomic mass is 16.5. The normalized spacial score (nSPS) is 12.2. The molecule has 0 aliphatic carbocycles. The van der Waals surface area contributed by atoms with Gasteiger partial charge in [0, 0.05) is 17.2 Å². The Morgan fingerprint density at radius 3 is 2.10 bits per heavy atom. The molecule has 0 amide bonds. The summed E-state index contributed by atoms with van der Waals surface area (Å²) in [5, 5.41) is 0. The molecule has 0 fully saturated rings. The lowest BCUT2D eigenvalue weighted by Gasteiger charge is -2.26. The highest BCUT2D eigenvalue weighted by Crippen LogP contribution is 2.44. The van der Waals surface area contributed by atoms with Crippen molar-refractivity contribution in [2.24, 2.45) is 0 Å². The lowest BCUT2D eigenvalue weighted by molar-refractivity contribution is -0.143. The van der Waals surface area contributed by atoms with Gasteiger partial charge in [-0.3, -0.25) is 9.59 Å². The van der Waals surface area contributed by atoms with Crippen molar-refractivity contribution in [3.63, 3.8) is 0 Å². The summed E-state index contributed by atoms with van der Waals surface area (Å²) in [7, 11) is 3.00. The number of carbonyl (C=O) groups is 2. The van der Waals surface area contributed by atoms with Gasteiger partial charge in [0.05, 0.1) is 19.8 Å². The van der Waals surface area contributed by atoms with Gasteiger partial charge < -0.3 is 18.9 Å². The van der Waals surface area contributed by atoms with Gasteiger partial charge in [-0.05, 0) is 24.3 Å². The fraction of sp³-hybridized carbons (Fsp3) is 0.167. The minimum Gasteiger partial charge on any atom is -0.497 e. The predicted octanol–water partition coefficient (Wildman–Crippen LogP) is 4.37. The fourth-order valence-corrected chi connectivity index (χ4v) is 3.49. The van der Waals surface area contributed by atoms with Gasteiger partial charge in [-0.2, -0.15) is 0 Å². The van der Waals surface area contributed by atoms with Crippen LogP contribution in [0, 0.1) is 0 Å². The maximum Gasteiger partial charge on any atom is 0.318 e. The van der Waals surface area contributed by atoms with Crippen molar-refractivity contribution < 1.29 is 28.5 Å². The number of carbonyl (C=O) groups excluding carboxylic acids is 2. The van der Waals surface area contributed by atoms with Crippen LogP contribution in [0.25, 0.3) is 0 Å². The fourth-order valence-electron chi connectivity index (χ4n) is 3.49. The molecule has 152 valence electrons. The highest BCUT2D eigenvalue weighted by Gasteiger charge is 2.34. The van der Waals surface area contributed by atoms with Crippen LogP contribution >= 0.6 is 0 Å². The zero-order valence-corrected chi connectivity index (χ0v) is 16.6. The first-order valence-corrected chi connectivity index (χ1v) is 9.40. The predicted molar refractivity (Wildman–Crippen MR) is 110 cm³/mol. The minimum absolute atomic E-state index is 0.318. The van der Waals surface area contributed by atoms with Gasteiger partial charge in [-0.15, -0.1) is 0 Å². The molecule has 0 aromatic heterocycles. The van der Waals surface area contributed by atoms with E-state index in [1.54, 1.807) is 30.3 Å². The van der Waals surface area contributed by atoms with E-state index in [4.69, 9.17) is 18.9 Å². The number of hydrogen-bond acceptors (Lipinski definition) is 6. The average molecular weight is 404 g/mol. The van der Waals surface area contributed by atoms with Crippen LogP contribution in [0.1, 0.15) is 27.4 Å². The number of benzene rings is 3. The standard InChI is InChI=1S/C24H20O6/c1-27-15-11-12-16(22(13-15)28-2)19(25)14-29-24(26)23-17-7-3-5-9-20(17)30-21-10-6-4-8-18(21)23/h3-13,23H,14H2,1-2H3. The summed E-state index contributed by atoms with van der Waals surface area (Å²) < 4.78 is 21.8. The summed E-state index contributed by atoms with van der Waals surface area (Å²) in [4.78, 5) is 25.7. The van der Waals surface area contributed by atoms with Crippen molar-refractivity contribution in [2.75, 3.05) is 20.8 Å². The Labute approximate surface area is 174 Å². The third-order valence-corrected chi connectivity index (χ3v) is 4.97. The largest absolute Gasteiger partial charge is 0.497 e. The summed E-state index contributed by atoms with van der Waals surface area (Å²) in [6, 6.07) is 19.5. The van der Waals surface area contributed by atoms with E-state index in [-0.39, 0.29) is 5.78 Å². The molecule has 0 unspecified atom stereocenters. The molecule has 0 spiro atoms. The first kappa shape index (κ1) is 19.5. The molecule has 0 atom stereocenters. The molecule has 1 heterocycles. The zero-order valence-electron chi connectivity index (χ0n) is 16.6. The van der Waals surface area contributed by atoms with Crippen molar-refractivity contribution in [1.29, 1.82) is 0 Å². The molecule has 4 rings (SSSR count). The minimum atomic E-state index is -0.670. The Hall–Kier alpha value is -3.80. The topological polar surface area (TPSA) is 71.1 Å². The smallest absolute Gasteiger partial charge is 0.318 e. The molecule has 1 aliphatic heterocycles. The Kier molecular flexibility index (Phi) is 5.39. The van der Waals surface area contributed by atoms with Crippen LogP contribution in [0.4, 0.5) is 0 Å². The van der Waals surface area contributed by atoms with Crippen molar-refractivity contribution in [2.45, 2.75) is 5.92 Å². The average Bonchev–Trinajstić information content (AvgIpc) is 2.80. The summed E-state index contributed by atoms with van der Waals surface area (Å²) in [6.07, 6.45) is 0. The Morgan fingerprint density at radius 1 is 0.867 bits per heavy atom. The molecule has 0 radical (unpaired) electrons. The van der Waals surface area contributed by atoms with E-state index in [2.05, 4.69) is 0 Å². The molecule has 6 nitrogen and oxygen atoms in total. The van der Waals surface area contributed by atoms with Crippen LogP contribution in [0.15, 0.2) is 66.7 Å². The first-order valence-electron chi connectivity index (χ1n) is 9.40. The summed E-state index contributed by atoms with van der Waals surface area (Å²) in [5.74, 6) is 0.572. The summed E-state index contributed by atoms with van der Waals surface area (Å²) in [5.41, 5.74) is 1.73. The SMILES string of the molecule is COc1ccc(C(=O)COC(=O)C2c3ccccc3Oc3ccccc32)c(OC)c1. The van der Waals surface area contributed by atoms with Gasteiger partial charge >= 0.3 is 5.97 Å². The second-order valence-electron chi connectivity index (χ2n) is 6.71. The Bertz CT molecular complexity index is 1060. The number of methoxy groups -OCH3 is 2. The van der Waals surface area contributed by atoms with E-state index in [9.17, 15) is 9.59 Å². The number of para-hydroxylation sites is 2. The van der Waals surface area contributed by atoms with Crippen molar-refractivity contribution in [1.82, 2.24) is 0 Å². The van der Waals surface area contributed by atoms with Gasteiger partial charge in [-0.1, -0.05) is 36.4 Å². The van der Waals surface area contributed by atoms with Crippen LogP contribution in [0.2, 0.25) is 0 Å². The van der Waals surface area contributed by atoms with Crippen LogP contribution in [0.5, 0.6) is 23.0 Å². The van der Waals surface area contributed by atoms with Crippen LogP contribution in [0.3, 0.4) is 0 Å². The lowest BCUT2D eigenvalue weighted by atomic mass is 9.88. The van der Waals surface area contributed by atoms with Gasteiger partial charge in [0.1, 0.15) is 28.9 Å². The number of esters is 1. The molecule has 30 heavy (non-hydrogen) atoms. The van der Waals surface area contributed by atoms with Gasteiger partial charge in [0.2, 0.25) is 5.78 Å². The molecular weight excluding hydrogens is 384 g/mol. The van der Waals surface area contributed by atoms with Gasteiger partial charge in [-0.25, -0.2) is 0 Å². The van der Waals surface area contributed by atoms with E-state index in [0.717, 1.165) is 0 Å². The van der Waals surface area contributed by atoms with Gasteiger partial charge in [0.25, 0.3) is 0 Å². The van der Waals surface area contributed by atoms with Gasteiger partial charge in [0.15, 0.2) is 6.61 Å². The molecule has 0 N–H and O–H groups in total. The monoisotopic (exact) mass is 404 g/mol. The quantitative estimate of drug-likeness (QED) is 0.449. The molecule has 3 aromatic rings. The lowest BCUT2D eigenvalue weighted by Crippen LogP contribution is -2.23. The molecular formula is C24H20O6. The van der Waals surface area contributed by atoms with E-state index in [1.807, 2.05) is 36.4 Å². The number of hydrogen-bond donors (Lipinski definition) is 0. The molecule has 6 heteroatoms. The molecule has 0 saturated heterocycles. The molecule has 3 aromatic carbocycles. The summed E-state index contributed by atoms with van der Waals surface area (Å²) in [6.45, 7) is -0.400. The molecule has 1 aliphatic rings. The zero-order chi connectivity index (χ0) is 21.1. The number of Topliss-reactive ketones (excluding diaryl/α,β-unsaturated/α-hetero) is 1. The van der Waals surface area contributed by atoms with Crippen molar-refractivity contribution in [3.05, 3.63) is 83.4 Å². The highest BCUT2D eigenvalue weighted by molar-refractivity contribution is 6.01. The second kappa shape index (κ2) is 8.29. The third kappa shape index (κ3) is 3.59. The van der Waals surface area contributed by atoms with Crippen LogP contribution in [-0.2, 0) is 9.53 Å². The van der Waals surface area contributed by atoms with Crippen LogP contribution in [-0.4, -0.2) is 32.6 Å². The van der Waals surface area contributed by atoms with E-state index in [0.29, 0.717) is 39.7 Å². The maximum absolute atomic E-state index is 13.0. The second-order valence-corrected chi connectivity index (χ2v) is 6.71. The first-order chi connectivity index (χ1) is 14.6. The van der Waals surface area contributed by atoms with E-state index in [1.165, 1.54) is 14.2 Å². The Balaban J connectivity index is 1.56. The number of rotatable bonds is 6. The van der Waals surface area contributed by atoms with E-state index < -0.39 is 18.5 Å². The van der Waals surface area contributed by atoms with Crippen LogP contribution < -0.4 is 14.2 Å². The Morgan fingerprint density at radius 2 is 1.50 bits per heavy atom. The van der Waals surface area contributed by atoms with Crippen molar-refractivity contribution in [3.8, 4) is 23.0 Å². The molecule has 0 saturated carbocycles. The van der Waals surface area contributed by atoms with E-state index >= 15 is 0 Å². The molecule has 0 bridgehead atoms. The van der Waals surface area contributed by atoms with Crippen molar-refractivity contribution >= 4 is 11.8 Å². The summed E-state index contributed by atoms with van der Waals surface area (Å²) >= 11 is 0. The maximum atomic E-state index is 13.0. The number of fused-ring (bicyclic) bond motifs is 2. The number of ketones is 1. The third-order valence-electron chi connectivity index (χ3n) is 4.97.